The Morgan fingerprint density at radius 1 is 1.40 bits per heavy atom. The Hall–Kier alpha value is -2.50. The normalized spacial score (nSPS) is 12.2. The molecule has 0 bridgehead atoms. The van der Waals surface area contributed by atoms with Gasteiger partial charge in [-0.05, 0) is 39.0 Å². The Bertz CT molecular complexity index is 629. The van der Waals surface area contributed by atoms with Crippen LogP contribution in [0, 0.1) is 13.8 Å². The third-order valence-electron chi connectivity index (χ3n) is 3.23. The van der Waals surface area contributed by atoms with Gasteiger partial charge in [0.05, 0.1) is 23.1 Å². The standard InChI is InChI=1S/C14H18N4O2/c1-7(13-8(2)18-20-9(13)3)17-12-6-10(14(16)19)4-5-11(12)15/h4-7,17H,15H2,1-3H3,(H2,16,19). The molecule has 1 heterocycles. The topological polar surface area (TPSA) is 107 Å². The second kappa shape index (κ2) is 5.24. The highest BCUT2D eigenvalue weighted by Crippen LogP contribution is 2.28. The Kier molecular flexibility index (Phi) is 3.65. The van der Waals surface area contributed by atoms with Crippen molar-refractivity contribution in [3.05, 3.63) is 40.8 Å². The van der Waals surface area contributed by atoms with Crippen molar-refractivity contribution in [3.63, 3.8) is 0 Å². The van der Waals surface area contributed by atoms with Crippen LogP contribution in [0.3, 0.4) is 0 Å². The van der Waals surface area contributed by atoms with Crippen molar-refractivity contribution in [2.45, 2.75) is 26.8 Å². The van der Waals surface area contributed by atoms with Gasteiger partial charge >= 0.3 is 0 Å². The first-order valence-electron chi connectivity index (χ1n) is 6.28. The third-order valence-corrected chi connectivity index (χ3v) is 3.23. The molecule has 1 unspecified atom stereocenters. The molecule has 0 aliphatic heterocycles. The number of nitrogens with zero attached hydrogens (tertiary/aromatic N) is 1. The molecule has 1 aromatic carbocycles. The van der Waals surface area contributed by atoms with E-state index in [4.69, 9.17) is 16.0 Å². The maximum Gasteiger partial charge on any atom is 0.248 e. The van der Waals surface area contributed by atoms with Gasteiger partial charge in [-0.15, -0.1) is 0 Å². The Morgan fingerprint density at radius 2 is 2.10 bits per heavy atom. The maximum atomic E-state index is 11.2. The number of amides is 1. The summed E-state index contributed by atoms with van der Waals surface area (Å²) in [5.74, 6) is 0.269. The number of carbonyl (C=O) groups is 1. The highest BCUT2D eigenvalue weighted by atomic mass is 16.5. The van der Waals surface area contributed by atoms with Crippen LogP contribution in [-0.4, -0.2) is 11.1 Å². The van der Waals surface area contributed by atoms with Crippen LogP contribution in [0.15, 0.2) is 22.7 Å². The number of primary amides is 1. The van der Waals surface area contributed by atoms with Crippen LogP contribution in [0.2, 0.25) is 0 Å². The average molecular weight is 274 g/mol. The van der Waals surface area contributed by atoms with Gasteiger partial charge in [0.1, 0.15) is 5.76 Å². The molecule has 0 radical (unpaired) electrons. The van der Waals surface area contributed by atoms with Crippen molar-refractivity contribution >= 4 is 17.3 Å². The van der Waals surface area contributed by atoms with E-state index in [1.807, 2.05) is 20.8 Å². The quantitative estimate of drug-likeness (QED) is 0.740. The fourth-order valence-electron chi connectivity index (χ4n) is 2.25. The van der Waals surface area contributed by atoms with E-state index >= 15 is 0 Å². The van der Waals surface area contributed by atoms with Crippen molar-refractivity contribution in [3.8, 4) is 0 Å². The van der Waals surface area contributed by atoms with Gasteiger partial charge in [0.15, 0.2) is 0 Å². The smallest absolute Gasteiger partial charge is 0.248 e. The molecule has 6 heteroatoms. The predicted molar refractivity (Wildman–Crippen MR) is 77.4 cm³/mol. The van der Waals surface area contributed by atoms with E-state index in [1.165, 1.54) is 0 Å². The number of nitrogens with two attached hydrogens (primary N) is 2. The highest BCUT2D eigenvalue weighted by molar-refractivity contribution is 5.94. The van der Waals surface area contributed by atoms with Gasteiger partial charge in [0, 0.05) is 11.1 Å². The lowest BCUT2D eigenvalue weighted by atomic mass is 10.1. The second-order valence-electron chi connectivity index (χ2n) is 4.77. The van der Waals surface area contributed by atoms with Crippen LogP contribution >= 0.6 is 0 Å². The number of anilines is 2. The van der Waals surface area contributed by atoms with Crippen LogP contribution in [0.1, 0.15) is 40.3 Å². The molecule has 1 aromatic heterocycles. The summed E-state index contributed by atoms with van der Waals surface area (Å²) in [7, 11) is 0. The summed E-state index contributed by atoms with van der Waals surface area (Å²) in [6, 6.07) is 4.85. The van der Waals surface area contributed by atoms with Gasteiger partial charge in [-0.3, -0.25) is 4.79 Å². The lowest BCUT2D eigenvalue weighted by Crippen LogP contribution is -2.14. The molecule has 20 heavy (non-hydrogen) atoms. The van der Waals surface area contributed by atoms with E-state index in [0.29, 0.717) is 16.9 Å². The van der Waals surface area contributed by atoms with Gasteiger partial charge in [-0.25, -0.2) is 0 Å². The Morgan fingerprint density at radius 3 is 2.65 bits per heavy atom. The maximum absolute atomic E-state index is 11.2. The molecule has 1 amide bonds. The fraction of sp³-hybridized carbons (Fsp3) is 0.286. The number of nitrogens with one attached hydrogen (secondary N) is 1. The number of aromatic nitrogens is 1. The number of hydrogen-bond donors (Lipinski definition) is 3. The van der Waals surface area contributed by atoms with Gasteiger partial charge in [-0.2, -0.15) is 0 Å². The highest BCUT2D eigenvalue weighted by Gasteiger charge is 2.17. The summed E-state index contributed by atoms with van der Waals surface area (Å²) in [4.78, 5) is 11.2. The minimum Gasteiger partial charge on any atom is -0.397 e. The van der Waals surface area contributed by atoms with Crippen molar-refractivity contribution in [1.82, 2.24) is 5.16 Å². The average Bonchev–Trinajstić information content (AvgIpc) is 2.71. The molecule has 6 nitrogen and oxygen atoms in total. The molecule has 2 rings (SSSR count). The number of benzene rings is 1. The monoisotopic (exact) mass is 274 g/mol. The molecule has 2 aromatic rings. The molecule has 0 spiro atoms. The van der Waals surface area contributed by atoms with Crippen LogP contribution in [-0.2, 0) is 0 Å². The number of rotatable bonds is 4. The summed E-state index contributed by atoms with van der Waals surface area (Å²) in [6.45, 7) is 5.72. The summed E-state index contributed by atoms with van der Waals surface area (Å²) >= 11 is 0. The minimum atomic E-state index is -0.488. The molecule has 0 fully saturated rings. The lowest BCUT2D eigenvalue weighted by molar-refractivity contribution is 0.100. The van der Waals surface area contributed by atoms with E-state index < -0.39 is 5.91 Å². The van der Waals surface area contributed by atoms with Crippen LogP contribution < -0.4 is 16.8 Å². The number of hydrogen-bond acceptors (Lipinski definition) is 5. The van der Waals surface area contributed by atoms with E-state index in [0.717, 1.165) is 17.0 Å². The van der Waals surface area contributed by atoms with E-state index in [-0.39, 0.29) is 6.04 Å². The van der Waals surface area contributed by atoms with Crippen molar-refractivity contribution in [2.24, 2.45) is 5.73 Å². The molecular weight excluding hydrogens is 256 g/mol. The summed E-state index contributed by atoms with van der Waals surface area (Å²) in [5, 5.41) is 7.18. The van der Waals surface area contributed by atoms with Crippen molar-refractivity contribution < 1.29 is 9.32 Å². The largest absolute Gasteiger partial charge is 0.397 e. The van der Waals surface area contributed by atoms with Crippen LogP contribution in [0.5, 0.6) is 0 Å². The van der Waals surface area contributed by atoms with E-state index in [2.05, 4.69) is 10.5 Å². The van der Waals surface area contributed by atoms with Gasteiger partial charge in [0.25, 0.3) is 0 Å². The van der Waals surface area contributed by atoms with Gasteiger partial charge in [-0.1, -0.05) is 5.16 Å². The van der Waals surface area contributed by atoms with Gasteiger partial charge < -0.3 is 21.3 Å². The summed E-state index contributed by atoms with van der Waals surface area (Å²) in [5.41, 5.74) is 14.6. The summed E-state index contributed by atoms with van der Waals surface area (Å²) in [6.07, 6.45) is 0. The molecule has 106 valence electrons. The number of carbonyl (C=O) groups excluding carboxylic acids is 1. The first kappa shape index (κ1) is 13.9. The molecule has 0 aliphatic carbocycles. The lowest BCUT2D eigenvalue weighted by Gasteiger charge is -2.17. The fourth-order valence-corrected chi connectivity index (χ4v) is 2.25. The SMILES string of the molecule is Cc1noc(C)c1C(C)Nc1cc(C(N)=O)ccc1N. The molecule has 0 saturated carbocycles. The van der Waals surface area contributed by atoms with Crippen molar-refractivity contribution in [1.29, 1.82) is 0 Å². The minimum absolute atomic E-state index is 0.0494. The second-order valence-corrected chi connectivity index (χ2v) is 4.77. The Labute approximate surface area is 117 Å². The third kappa shape index (κ3) is 2.59. The molecular formula is C14H18N4O2. The summed E-state index contributed by atoms with van der Waals surface area (Å²) < 4.78 is 5.15. The van der Waals surface area contributed by atoms with Gasteiger partial charge in [0.2, 0.25) is 5.91 Å². The number of aryl methyl sites for hydroxylation is 2. The van der Waals surface area contributed by atoms with E-state index in [1.54, 1.807) is 18.2 Å². The number of nitrogen functional groups attached to an aromatic ring is 1. The van der Waals surface area contributed by atoms with Crippen LogP contribution in [0.4, 0.5) is 11.4 Å². The first-order chi connectivity index (χ1) is 9.40. The Balaban J connectivity index is 2.30. The first-order valence-corrected chi connectivity index (χ1v) is 6.28. The predicted octanol–water partition coefficient (Wildman–Crippen LogP) is 2.15. The van der Waals surface area contributed by atoms with Crippen molar-refractivity contribution in [2.75, 3.05) is 11.1 Å². The molecule has 5 N–H and O–H groups in total. The molecule has 0 saturated heterocycles. The zero-order valence-corrected chi connectivity index (χ0v) is 11.7. The zero-order chi connectivity index (χ0) is 14.9. The van der Waals surface area contributed by atoms with E-state index in [9.17, 15) is 4.79 Å². The molecule has 1 atom stereocenters. The zero-order valence-electron chi connectivity index (χ0n) is 11.7. The molecule has 0 aliphatic rings. The van der Waals surface area contributed by atoms with Crippen LogP contribution in [0.25, 0.3) is 0 Å².